The Morgan fingerprint density at radius 2 is 1.26 bits per heavy atom. The van der Waals surface area contributed by atoms with Crippen LogP contribution < -0.4 is 0 Å². The average molecular weight is 809 g/mol. The summed E-state index contributed by atoms with van der Waals surface area (Å²) in [5.41, 5.74) is -0.00709. The molecule has 0 aromatic rings. The number of carboxylic acids is 3. The molecule has 0 radical (unpaired) electrons. The van der Waals surface area contributed by atoms with Crippen LogP contribution in [0.5, 0.6) is 0 Å². The Hall–Kier alpha value is -2.21. The molecule has 0 spiro atoms. The fraction of sp³-hybridized carbons (Fsp3) is 0.881. The molecule has 57 heavy (non-hydrogen) atoms. The van der Waals surface area contributed by atoms with Crippen LogP contribution >= 0.6 is 0 Å². The predicted molar refractivity (Wildman–Crippen MR) is 199 cm³/mol. The first-order chi connectivity index (χ1) is 26.4. The van der Waals surface area contributed by atoms with Crippen molar-refractivity contribution < 1.29 is 74.2 Å². The molecule has 6 fully saturated rings. The molecule has 2 heterocycles. The number of aliphatic carboxylic acids is 3. The van der Waals surface area contributed by atoms with E-state index in [1.54, 1.807) is 0 Å². The van der Waals surface area contributed by atoms with Crippen molar-refractivity contribution in [3.05, 3.63) is 11.6 Å². The lowest BCUT2D eigenvalue weighted by molar-refractivity contribution is -0.371. The third kappa shape index (κ3) is 6.35. The number of rotatable bonds is 7. The van der Waals surface area contributed by atoms with E-state index in [1.807, 2.05) is 6.92 Å². The highest BCUT2D eigenvalue weighted by molar-refractivity contribution is 5.75. The summed E-state index contributed by atoms with van der Waals surface area (Å²) in [5, 5.41) is 83.1. The molecule has 4 saturated carbocycles. The molecule has 0 unspecified atom stereocenters. The van der Waals surface area contributed by atoms with Crippen LogP contribution in [0, 0.1) is 50.2 Å². The molecule has 0 aromatic carbocycles. The topological polar surface area (TPSA) is 250 Å². The summed E-state index contributed by atoms with van der Waals surface area (Å²) in [5.74, 6) is -3.24. The van der Waals surface area contributed by atoms with Crippen molar-refractivity contribution in [1.82, 2.24) is 0 Å². The van der Waals surface area contributed by atoms with Crippen molar-refractivity contribution in [2.75, 3.05) is 0 Å². The number of hydrogen-bond donors (Lipinski definition) is 8. The normalized spacial score (nSPS) is 53.2. The van der Waals surface area contributed by atoms with Gasteiger partial charge in [0.2, 0.25) is 0 Å². The molecule has 7 rings (SSSR count). The first kappa shape index (κ1) is 42.9. The van der Waals surface area contributed by atoms with Gasteiger partial charge in [-0.15, -0.1) is 0 Å². The maximum Gasteiger partial charge on any atom is 0.335 e. The van der Waals surface area contributed by atoms with Gasteiger partial charge in [0.25, 0.3) is 0 Å². The van der Waals surface area contributed by atoms with Gasteiger partial charge >= 0.3 is 17.9 Å². The molecular weight excluding hydrogens is 744 g/mol. The molecule has 15 nitrogen and oxygen atoms in total. The molecule has 2 aliphatic heterocycles. The standard InChI is InChI=1S/C42H64O15/c1-37(2)21-10-13-42(7)22(9-8-19-20-18-39(4,36(52)53)15-14-38(20,3)16-17-41(19,42)6)40(21,5)12-11-23(37)54-35-31(27(46)26(45)30(56-35)33(50)51)57-34-28(47)24(43)25(44)29(55-34)32(48)49/h8,20-31,34-35,43-47H,9-18H2,1-7H3,(H,48,49)(H,50,51)(H,52,53)/t20-,21-,22+,23-,24-,25-,26-,27-,28+,29+,30-,31+,34-,35+,38+,39-,40-,41+,42+/m0/s1. The molecule has 322 valence electrons. The fourth-order valence-corrected chi connectivity index (χ4v) is 13.5. The van der Waals surface area contributed by atoms with E-state index in [-0.39, 0.29) is 33.5 Å². The molecule has 2 saturated heterocycles. The minimum Gasteiger partial charge on any atom is -0.481 e. The van der Waals surface area contributed by atoms with Crippen LogP contribution in [0.1, 0.15) is 113 Å². The Kier molecular flexibility index (Phi) is 10.7. The van der Waals surface area contributed by atoms with E-state index in [0.717, 1.165) is 44.9 Å². The van der Waals surface area contributed by atoms with Gasteiger partial charge in [0.15, 0.2) is 24.8 Å². The number of carboxylic acid groups (broad SMARTS) is 3. The molecule has 15 heteroatoms. The van der Waals surface area contributed by atoms with Gasteiger partial charge in [-0.1, -0.05) is 53.2 Å². The lowest BCUT2D eigenvalue weighted by Gasteiger charge is -2.71. The van der Waals surface area contributed by atoms with E-state index in [0.29, 0.717) is 25.2 Å². The predicted octanol–water partition coefficient (Wildman–Crippen LogP) is 3.07. The van der Waals surface area contributed by atoms with Crippen LogP contribution in [0.4, 0.5) is 0 Å². The third-order valence-electron chi connectivity index (χ3n) is 17.5. The van der Waals surface area contributed by atoms with Crippen LogP contribution in [0.2, 0.25) is 0 Å². The summed E-state index contributed by atoms with van der Waals surface area (Å²) < 4.78 is 23.5. The zero-order valence-electron chi connectivity index (χ0n) is 34.2. The van der Waals surface area contributed by atoms with Gasteiger partial charge in [0.05, 0.1) is 11.5 Å². The zero-order valence-corrected chi connectivity index (χ0v) is 34.2. The second-order valence-electron chi connectivity index (χ2n) is 20.6. The van der Waals surface area contributed by atoms with Crippen molar-refractivity contribution >= 4 is 17.9 Å². The monoisotopic (exact) mass is 808 g/mol. The number of aliphatic hydroxyl groups is 5. The number of hydrogen-bond acceptors (Lipinski definition) is 12. The van der Waals surface area contributed by atoms with E-state index in [2.05, 4.69) is 47.6 Å². The minimum atomic E-state index is -2.01. The fourth-order valence-electron chi connectivity index (χ4n) is 13.5. The van der Waals surface area contributed by atoms with Crippen LogP contribution in [0.15, 0.2) is 11.6 Å². The van der Waals surface area contributed by atoms with E-state index < -0.39 is 96.3 Å². The van der Waals surface area contributed by atoms with Gasteiger partial charge in [-0.25, -0.2) is 9.59 Å². The minimum absolute atomic E-state index is 0.0440. The van der Waals surface area contributed by atoms with Crippen LogP contribution in [0.3, 0.4) is 0 Å². The zero-order chi connectivity index (χ0) is 42.0. The first-order valence-electron chi connectivity index (χ1n) is 20.8. The molecular formula is C42H64O15. The average Bonchev–Trinajstić information content (AvgIpc) is 3.12. The van der Waals surface area contributed by atoms with E-state index in [4.69, 9.17) is 18.9 Å². The highest BCUT2D eigenvalue weighted by atomic mass is 16.8. The molecule has 7 aliphatic rings. The largest absolute Gasteiger partial charge is 0.481 e. The Morgan fingerprint density at radius 1 is 0.667 bits per heavy atom. The first-order valence-corrected chi connectivity index (χ1v) is 20.8. The Morgan fingerprint density at radius 3 is 1.88 bits per heavy atom. The SMILES string of the molecule is CC1(C)[C@@H](O[C@@H]2O[C@H](C(=O)O)[C@@H](O)[C@H](O)[C@H]2O[C@@H]2O[C@@H](C(=O)O)[C@@H](O)[C@H](O)[C@H]2O)CC[C@]2(C)[C@H]3CC=C4[C@@H]5C[C@@](C)(C(=O)O)CC[C@]5(C)CC[C@@]4(C)[C@]3(C)CC[C@@H]12. The van der Waals surface area contributed by atoms with Crippen molar-refractivity contribution in [2.24, 2.45) is 50.2 Å². The van der Waals surface area contributed by atoms with Gasteiger partial charge < -0.3 is 59.8 Å². The number of carbonyl (C=O) groups is 3. The molecule has 0 amide bonds. The lowest BCUT2D eigenvalue weighted by Crippen LogP contribution is -2.67. The van der Waals surface area contributed by atoms with Crippen LogP contribution in [-0.4, -0.2) is 126 Å². The summed E-state index contributed by atoms with van der Waals surface area (Å²) in [6.45, 7) is 15.8. The maximum absolute atomic E-state index is 12.5. The second-order valence-corrected chi connectivity index (χ2v) is 20.6. The smallest absolute Gasteiger partial charge is 0.335 e. The van der Waals surface area contributed by atoms with Crippen LogP contribution in [-0.2, 0) is 33.3 Å². The number of fused-ring (bicyclic) bond motifs is 7. The summed E-state index contributed by atoms with van der Waals surface area (Å²) >= 11 is 0. The van der Waals surface area contributed by atoms with Gasteiger partial charge in [0, 0.05) is 0 Å². The van der Waals surface area contributed by atoms with Crippen molar-refractivity contribution in [3.8, 4) is 0 Å². The van der Waals surface area contributed by atoms with E-state index >= 15 is 0 Å². The number of aliphatic hydroxyl groups excluding tert-OH is 5. The van der Waals surface area contributed by atoms with Crippen molar-refractivity contribution in [3.63, 3.8) is 0 Å². The maximum atomic E-state index is 12.5. The van der Waals surface area contributed by atoms with Crippen molar-refractivity contribution in [1.29, 1.82) is 0 Å². The van der Waals surface area contributed by atoms with E-state index in [1.165, 1.54) is 5.57 Å². The van der Waals surface area contributed by atoms with Crippen LogP contribution in [0.25, 0.3) is 0 Å². The number of allylic oxidation sites excluding steroid dienone is 2. The quantitative estimate of drug-likeness (QED) is 0.136. The molecule has 0 aromatic heterocycles. The summed E-state index contributed by atoms with van der Waals surface area (Å²) in [4.78, 5) is 36.5. The summed E-state index contributed by atoms with van der Waals surface area (Å²) in [6.07, 6.45) is -8.79. The highest BCUT2D eigenvalue weighted by Crippen LogP contribution is 2.76. The van der Waals surface area contributed by atoms with Gasteiger partial charge in [0.1, 0.15) is 36.6 Å². The summed E-state index contributed by atoms with van der Waals surface area (Å²) in [7, 11) is 0. The molecule has 8 N–H and O–H groups in total. The molecule has 0 bridgehead atoms. The Balaban J connectivity index is 1.15. The Bertz CT molecular complexity index is 1650. The van der Waals surface area contributed by atoms with Gasteiger partial charge in [-0.05, 0) is 116 Å². The Labute approximate surface area is 333 Å². The summed E-state index contributed by atoms with van der Waals surface area (Å²) in [6, 6.07) is 0. The second kappa shape index (κ2) is 14.2. The molecule has 5 aliphatic carbocycles. The highest BCUT2D eigenvalue weighted by Gasteiger charge is 2.69. The van der Waals surface area contributed by atoms with Crippen molar-refractivity contribution in [2.45, 2.75) is 180 Å². The van der Waals surface area contributed by atoms with Gasteiger partial charge in [-0.3, -0.25) is 4.79 Å². The van der Waals surface area contributed by atoms with Gasteiger partial charge in [-0.2, -0.15) is 0 Å². The van der Waals surface area contributed by atoms with E-state index in [9.17, 15) is 55.2 Å². The lowest BCUT2D eigenvalue weighted by atomic mass is 9.33. The molecule has 19 atom stereocenters. The third-order valence-corrected chi connectivity index (χ3v) is 17.5. The number of ether oxygens (including phenoxy) is 4.